The zero-order valence-electron chi connectivity index (χ0n) is 34.1. The van der Waals surface area contributed by atoms with Crippen LogP contribution in [0.25, 0.3) is 10.8 Å². The number of nitrogens with zero attached hydrogens (tertiary/aromatic N) is 1. The molecule has 2 unspecified atom stereocenters. The van der Waals surface area contributed by atoms with E-state index < -0.39 is 71.4 Å². The number of alkyl carbamates (subject to hydrolysis) is 1. The van der Waals surface area contributed by atoms with Crippen molar-refractivity contribution in [2.45, 2.75) is 108 Å². The van der Waals surface area contributed by atoms with E-state index in [0.29, 0.717) is 29.7 Å². The number of H-pyrrole nitrogens is 1. The maximum atomic E-state index is 14.5. The van der Waals surface area contributed by atoms with Gasteiger partial charge in [0.25, 0.3) is 0 Å². The van der Waals surface area contributed by atoms with Crippen LogP contribution in [0.5, 0.6) is 0 Å². The number of aromatic amines is 1. The molecule has 0 saturated carbocycles. The number of amides is 6. The highest BCUT2D eigenvalue weighted by Crippen LogP contribution is 2.18. The Hall–Kier alpha value is -6.29. The Kier molecular flexibility index (Phi) is 16.9. The van der Waals surface area contributed by atoms with Crippen molar-refractivity contribution < 1.29 is 33.5 Å². The summed E-state index contributed by atoms with van der Waals surface area (Å²) in [5, 5.41) is 15.6. The van der Waals surface area contributed by atoms with E-state index in [1.807, 2.05) is 56.3 Å². The second-order valence-electron chi connectivity index (χ2n) is 15.1. The van der Waals surface area contributed by atoms with E-state index in [9.17, 15) is 28.8 Å². The second-order valence-corrected chi connectivity index (χ2v) is 15.1. The van der Waals surface area contributed by atoms with Crippen LogP contribution in [0.4, 0.5) is 4.79 Å². The Balaban J connectivity index is 1.66. The van der Waals surface area contributed by atoms with Gasteiger partial charge in [0.05, 0.1) is 24.5 Å². The van der Waals surface area contributed by atoms with Gasteiger partial charge in [0.2, 0.25) is 29.5 Å². The number of primary amides is 1. The number of hydrogen-bond acceptors (Lipinski definition) is 9. The molecule has 59 heavy (non-hydrogen) atoms. The highest BCUT2D eigenvalue weighted by atomic mass is 16.5. The van der Waals surface area contributed by atoms with Crippen molar-refractivity contribution in [3.05, 3.63) is 102 Å². The number of hydrogen-bond donors (Lipinski definition) is 8. The van der Waals surface area contributed by atoms with E-state index in [1.165, 1.54) is 26.4 Å². The number of imidazole rings is 1. The molecule has 1 aromatic heterocycles. The van der Waals surface area contributed by atoms with Gasteiger partial charge in [0.15, 0.2) is 0 Å². The highest BCUT2D eigenvalue weighted by Gasteiger charge is 2.35. The molecule has 16 nitrogen and oxygen atoms in total. The van der Waals surface area contributed by atoms with Gasteiger partial charge in [0.1, 0.15) is 24.2 Å². The fourth-order valence-corrected chi connectivity index (χ4v) is 6.34. The quantitative estimate of drug-likeness (QED) is 0.0542. The Morgan fingerprint density at radius 3 is 1.93 bits per heavy atom. The fourth-order valence-electron chi connectivity index (χ4n) is 6.34. The molecular weight excluding hydrogens is 755 g/mol. The van der Waals surface area contributed by atoms with E-state index in [2.05, 4.69) is 36.6 Å². The number of ether oxygens (including phenoxy) is 1. The number of carbonyl (C=O) groups is 6. The molecule has 4 rings (SSSR count). The van der Waals surface area contributed by atoms with Crippen LogP contribution in [0, 0.1) is 0 Å². The first-order chi connectivity index (χ1) is 28.2. The van der Waals surface area contributed by atoms with E-state index in [-0.39, 0.29) is 32.3 Å². The lowest BCUT2D eigenvalue weighted by atomic mass is 9.98. The Labute approximate surface area is 344 Å². The maximum absolute atomic E-state index is 14.5. The zero-order valence-corrected chi connectivity index (χ0v) is 34.1. The summed E-state index contributed by atoms with van der Waals surface area (Å²) in [5.41, 5.74) is 12.5. The lowest BCUT2D eigenvalue weighted by Gasteiger charge is -2.29. The van der Waals surface area contributed by atoms with Gasteiger partial charge >= 0.3 is 6.09 Å². The summed E-state index contributed by atoms with van der Waals surface area (Å²) in [4.78, 5) is 88.4. The van der Waals surface area contributed by atoms with Gasteiger partial charge in [-0.3, -0.25) is 24.0 Å². The van der Waals surface area contributed by atoms with Gasteiger partial charge in [-0.2, -0.15) is 0 Å². The lowest BCUT2D eigenvalue weighted by Crippen LogP contribution is -2.62. The van der Waals surface area contributed by atoms with Crippen molar-refractivity contribution in [3.8, 4) is 0 Å². The minimum absolute atomic E-state index is 0.00172. The third-order valence-electron chi connectivity index (χ3n) is 9.63. The highest BCUT2D eigenvalue weighted by molar-refractivity contribution is 5.97. The lowest BCUT2D eigenvalue weighted by molar-refractivity contribution is -0.135. The summed E-state index contributed by atoms with van der Waals surface area (Å²) < 4.78 is 5.25. The van der Waals surface area contributed by atoms with Crippen LogP contribution in [0.3, 0.4) is 0 Å². The molecule has 0 bridgehead atoms. The predicted octanol–water partition coefficient (Wildman–Crippen LogP) is 2.45. The first kappa shape index (κ1) is 45.4. The number of carbonyl (C=O) groups excluding carboxylic acids is 6. The number of rotatable bonds is 22. The van der Waals surface area contributed by atoms with Crippen molar-refractivity contribution in [2.24, 2.45) is 11.5 Å². The molecule has 10 N–H and O–H groups in total. The molecule has 0 fully saturated rings. The van der Waals surface area contributed by atoms with Crippen LogP contribution in [0.1, 0.15) is 70.2 Å². The largest absolute Gasteiger partial charge is 0.450 e. The molecule has 0 aliphatic rings. The predicted molar refractivity (Wildman–Crippen MR) is 223 cm³/mol. The third-order valence-corrected chi connectivity index (χ3v) is 9.63. The molecule has 0 spiro atoms. The minimum Gasteiger partial charge on any atom is -0.450 e. The van der Waals surface area contributed by atoms with Crippen molar-refractivity contribution in [1.82, 2.24) is 36.6 Å². The number of unbranched alkanes of at least 4 members (excludes halogenated alkanes) is 1. The topological polar surface area (TPSA) is 253 Å². The van der Waals surface area contributed by atoms with E-state index in [1.54, 1.807) is 30.3 Å². The summed E-state index contributed by atoms with van der Waals surface area (Å²) >= 11 is 0. The van der Waals surface area contributed by atoms with Crippen LogP contribution in [0.15, 0.2) is 85.3 Å². The van der Waals surface area contributed by atoms with Gasteiger partial charge in [-0.25, -0.2) is 9.78 Å². The third kappa shape index (κ3) is 14.2. The van der Waals surface area contributed by atoms with Gasteiger partial charge < -0.3 is 47.8 Å². The normalized spacial score (nSPS) is 13.8. The Morgan fingerprint density at radius 2 is 1.34 bits per heavy atom. The van der Waals surface area contributed by atoms with E-state index in [0.717, 1.165) is 17.2 Å². The average molecular weight is 812 g/mol. The molecule has 5 atom stereocenters. The van der Waals surface area contributed by atoms with Crippen LogP contribution in [-0.2, 0) is 48.0 Å². The fraction of sp³-hybridized carbons (Fsp3) is 0.419. The summed E-state index contributed by atoms with van der Waals surface area (Å²) in [6.45, 7) is 6.99. The van der Waals surface area contributed by atoms with Gasteiger partial charge in [-0.15, -0.1) is 0 Å². The zero-order chi connectivity index (χ0) is 43.0. The Bertz CT molecular complexity index is 2020. The number of benzene rings is 3. The first-order valence-electron chi connectivity index (χ1n) is 19.9. The molecule has 1 heterocycles. The number of fused-ring (bicyclic) bond motifs is 1. The van der Waals surface area contributed by atoms with Gasteiger partial charge in [-0.1, -0.05) is 99.5 Å². The summed E-state index contributed by atoms with van der Waals surface area (Å²) in [6, 6.07) is 16.3. The van der Waals surface area contributed by atoms with Gasteiger partial charge in [0, 0.05) is 31.2 Å². The van der Waals surface area contributed by atoms with Gasteiger partial charge in [-0.05, 0) is 48.6 Å². The first-order valence-corrected chi connectivity index (χ1v) is 19.9. The standard InChI is InChI=1S/C43H57N9O7/c1-5-7-20-59-42(58)51-32(13-6-2)36(37(44)53)52-40(56)33(22-27-14-9-8-10-15-27)48-38(54)34(23-28-18-19-29-16-11-12-17-30(29)21-28)49-39(55)35(24-31-25-46-26-47-31)50-41(57)43(3,4)45/h8-12,14-19,21,25-26,32-36H,5-7,13,20,22-24,45H2,1-4H3,(H2,44,53)(H,46,47)(H,48,54)(H,49,55)(H,50,57)(H,51,58)(H,52,56)/t32?,33-,34-,35+,36?/m1/s1. The number of nitrogens with one attached hydrogen (secondary N) is 6. The monoisotopic (exact) mass is 811 g/mol. The molecule has 0 radical (unpaired) electrons. The molecular formula is C43H57N9O7. The van der Waals surface area contributed by atoms with Crippen LogP contribution in [-0.4, -0.2) is 88.0 Å². The van der Waals surface area contributed by atoms with Crippen molar-refractivity contribution in [2.75, 3.05) is 6.61 Å². The van der Waals surface area contributed by atoms with Crippen LogP contribution in [0.2, 0.25) is 0 Å². The van der Waals surface area contributed by atoms with Crippen molar-refractivity contribution in [1.29, 1.82) is 0 Å². The molecule has 4 aromatic rings. The minimum atomic E-state index is -1.36. The van der Waals surface area contributed by atoms with E-state index in [4.69, 9.17) is 16.2 Å². The number of nitrogens with two attached hydrogens (primary N) is 2. The summed E-state index contributed by atoms with van der Waals surface area (Å²) in [6.07, 6.45) is 4.47. The molecule has 0 aliphatic carbocycles. The van der Waals surface area contributed by atoms with Crippen molar-refractivity contribution in [3.63, 3.8) is 0 Å². The second kappa shape index (κ2) is 22.0. The maximum Gasteiger partial charge on any atom is 0.407 e. The van der Waals surface area contributed by atoms with E-state index >= 15 is 0 Å². The van der Waals surface area contributed by atoms with Crippen LogP contribution < -0.4 is 38.1 Å². The smallest absolute Gasteiger partial charge is 0.407 e. The molecule has 0 saturated heterocycles. The van der Waals surface area contributed by atoms with Crippen molar-refractivity contribution >= 4 is 46.4 Å². The summed E-state index contributed by atoms with van der Waals surface area (Å²) in [5.74, 6) is -3.65. The molecule has 0 aliphatic heterocycles. The number of aromatic nitrogens is 2. The van der Waals surface area contributed by atoms with Crippen LogP contribution >= 0.6 is 0 Å². The SMILES string of the molecule is CCCCOC(=O)NC(CCC)C(NC(=O)[C@@H](Cc1ccccc1)NC(=O)[C@@H](Cc1ccc2ccccc2c1)NC(=O)[C@H](Cc1cnc[nH]1)NC(=O)C(C)(C)N)C(N)=O. The molecule has 16 heteroatoms. The average Bonchev–Trinajstić information content (AvgIpc) is 3.72. The summed E-state index contributed by atoms with van der Waals surface area (Å²) in [7, 11) is 0. The molecule has 6 amide bonds. The molecule has 316 valence electrons. The Morgan fingerprint density at radius 1 is 0.729 bits per heavy atom. The molecule has 3 aromatic carbocycles.